The van der Waals surface area contributed by atoms with Gasteiger partial charge >= 0.3 is 0 Å². The Bertz CT molecular complexity index is 557. The fraction of sp³-hybridized carbons (Fsp3) is 0.333. The van der Waals surface area contributed by atoms with Crippen LogP contribution in [0.2, 0.25) is 0 Å². The lowest BCUT2D eigenvalue weighted by molar-refractivity contribution is 0.199. The van der Waals surface area contributed by atoms with Crippen LogP contribution in [0.1, 0.15) is 11.3 Å². The van der Waals surface area contributed by atoms with Gasteiger partial charge in [0.1, 0.15) is 11.6 Å². The van der Waals surface area contributed by atoms with Gasteiger partial charge in [0.25, 0.3) is 0 Å². The second-order valence-electron chi connectivity index (χ2n) is 4.34. The summed E-state index contributed by atoms with van der Waals surface area (Å²) >= 11 is 1.40. The third-order valence-corrected chi connectivity index (χ3v) is 4.17. The van der Waals surface area contributed by atoms with Gasteiger partial charge in [0.05, 0.1) is 22.7 Å². The summed E-state index contributed by atoms with van der Waals surface area (Å²) in [4.78, 5) is 1.58. The number of hydrogen-bond acceptors (Lipinski definition) is 4. The minimum Gasteiger partial charge on any atom is -0.468 e. The highest BCUT2D eigenvalue weighted by atomic mass is 32.2. The molecule has 5 heteroatoms. The van der Waals surface area contributed by atoms with Crippen LogP contribution in [-0.4, -0.2) is 20.3 Å². The first-order valence-electron chi connectivity index (χ1n) is 6.41. The molecule has 0 saturated heterocycles. The third kappa shape index (κ3) is 3.85. The highest BCUT2D eigenvalue weighted by Gasteiger charge is 2.12. The minimum absolute atomic E-state index is 0.207. The summed E-state index contributed by atoms with van der Waals surface area (Å²) in [5.74, 6) is 0.596. The molecule has 0 radical (unpaired) electrons. The lowest BCUT2D eigenvalue weighted by atomic mass is 10.2. The number of rotatable bonds is 7. The van der Waals surface area contributed by atoms with E-state index in [0.717, 1.165) is 22.8 Å². The van der Waals surface area contributed by atoms with E-state index in [4.69, 9.17) is 9.15 Å². The SMILES string of the molecule is COCCNCc1cccc(F)c1Sc1ccoc1C. The van der Waals surface area contributed by atoms with E-state index in [1.165, 1.54) is 17.8 Å². The average Bonchev–Trinajstić information content (AvgIpc) is 2.84. The molecule has 1 aromatic heterocycles. The number of furan rings is 1. The van der Waals surface area contributed by atoms with Gasteiger partial charge in [-0.2, -0.15) is 0 Å². The molecule has 0 spiro atoms. The Morgan fingerprint density at radius 2 is 2.20 bits per heavy atom. The van der Waals surface area contributed by atoms with Crippen molar-refractivity contribution in [2.75, 3.05) is 20.3 Å². The third-order valence-electron chi connectivity index (χ3n) is 2.87. The number of nitrogens with one attached hydrogen (secondary N) is 1. The van der Waals surface area contributed by atoms with Crippen LogP contribution in [0.3, 0.4) is 0 Å². The van der Waals surface area contributed by atoms with Crippen LogP contribution in [0.4, 0.5) is 4.39 Å². The smallest absolute Gasteiger partial charge is 0.137 e. The lowest BCUT2D eigenvalue weighted by Crippen LogP contribution is -2.19. The molecule has 0 aliphatic carbocycles. The minimum atomic E-state index is -0.207. The quantitative estimate of drug-likeness (QED) is 0.791. The molecule has 0 unspecified atom stereocenters. The number of benzene rings is 1. The average molecular weight is 295 g/mol. The maximum atomic E-state index is 14.0. The van der Waals surface area contributed by atoms with Crippen LogP contribution in [0, 0.1) is 12.7 Å². The van der Waals surface area contributed by atoms with E-state index in [-0.39, 0.29) is 5.82 Å². The van der Waals surface area contributed by atoms with E-state index in [1.807, 2.05) is 19.1 Å². The van der Waals surface area contributed by atoms with Crippen LogP contribution in [0.5, 0.6) is 0 Å². The van der Waals surface area contributed by atoms with Crippen LogP contribution < -0.4 is 5.32 Å². The van der Waals surface area contributed by atoms with E-state index < -0.39 is 0 Å². The summed E-state index contributed by atoms with van der Waals surface area (Å²) in [5, 5.41) is 3.24. The van der Waals surface area contributed by atoms with Gasteiger partial charge in [0.2, 0.25) is 0 Å². The fourth-order valence-electron chi connectivity index (χ4n) is 1.79. The van der Waals surface area contributed by atoms with Crippen LogP contribution in [0.25, 0.3) is 0 Å². The van der Waals surface area contributed by atoms with Gasteiger partial charge in [-0.25, -0.2) is 4.39 Å². The molecule has 2 rings (SSSR count). The summed E-state index contributed by atoms with van der Waals surface area (Å²) in [6.45, 7) is 3.86. The molecule has 20 heavy (non-hydrogen) atoms. The van der Waals surface area contributed by atoms with Gasteiger partial charge in [-0.05, 0) is 24.6 Å². The molecule has 3 nitrogen and oxygen atoms in total. The number of halogens is 1. The summed E-state index contributed by atoms with van der Waals surface area (Å²) in [6, 6.07) is 7.00. The van der Waals surface area contributed by atoms with E-state index in [2.05, 4.69) is 5.32 Å². The Morgan fingerprint density at radius 1 is 1.35 bits per heavy atom. The maximum absolute atomic E-state index is 14.0. The molecule has 0 bridgehead atoms. The first-order valence-corrected chi connectivity index (χ1v) is 7.23. The van der Waals surface area contributed by atoms with Gasteiger partial charge in [0, 0.05) is 20.2 Å². The molecule has 0 fully saturated rings. The molecule has 2 aromatic rings. The van der Waals surface area contributed by atoms with Crippen molar-refractivity contribution >= 4 is 11.8 Å². The number of hydrogen-bond donors (Lipinski definition) is 1. The predicted octanol–water partition coefficient (Wildman–Crippen LogP) is 3.61. The zero-order valence-electron chi connectivity index (χ0n) is 11.6. The standard InChI is InChI=1S/C15H18FNO2S/c1-11-14(6-8-19-11)20-15-12(4-3-5-13(15)16)10-17-7-9-18-2/h3-6,8,17H,7,9-10H2,1-2H3. The molecule has 1 aromatic carbocycles. The fourth-order valence-corrected chi connectivity index (χ4v) is 2.77. The Balaban J connectivity index is 2.12. The van der Waals surface area contributed by atoms with Crippen LogP contribution in [0.15, 0.2) is 44.7 Å². The van der Waals surface area contributed by atoms with Gasteiger partial charge in [-0.1, -0.05) is 23.9 Å². The van der Waals surface area contributed by atoms with Gasteiger partial charge in [0.15, 0.2) is 0 Å². The van der Waals surface area contributed by atoms with Gasteiger partial charge in [-0.3, -0.25) is 0 Å². The van der Waals surface area contributed by atoms with Crippen molar-refractivity contribution in [1.29, 1.82) is 0 Å². The molecule has 1 heterocycles. The van der Waals surface area contributed by atoms with Crippen molar-refractivity contribution < 1.29 is 13.5 Å². The van der Waals surface area contributed by atoms with Crippen molar-refractivity contribution in [1.82, 2.24) is 5.32 Å². The molecule has 1 N–H and O–H groups in total. The molecular formula is C15H18FNO2S. The second-order valence-corrected chi connectivity index (χ2v) is 5.39. The topological polar surface area (TPSA) is 34.4 Å². The Labute approximate surface area is 122 Å². The number of methoxy groups -OCH3 is 1. The van der Waals surface area contributed by atoms with Crippen molar-refractivity contribution in [2.45, 2.75) is 23.3 Å². The number of aryl methyl sites for hydroxylation is 1. The molecule has 0 atom stereocenters. The molecule has 0 aliphatic rings. The van der Waals surface area contributed by atoms with Crippen molar-refractivity contribution in [3.8, 4) is 0 Å². The highest BCUT2D eigenvalue weighted by molar-refractivity contribution is 7.99. The summed E-state index contributed by atoms with van der Waals surface area (Å²) in [7, 11) is 1.66. The van der Waals surface area contributed by atoms with Gasteiger partial charge < -0.3 is 14.5 Å². The van der Waals surface area contributed by atoms with E-state index in [1.54, 1.807) is 19.4 Å². The Hall–Kier alpha value is -1.30. The predicted molar refractivity (Wildman–Crippen MR) is 77.6 cm³/mol. The van der Waals surface area contributed by atoms with E-state index in [9.17, 15) is 4.39 Å². The first-order chi connectivity index (χ1) is 9.72. The molecule has 0 aliphatic heterocycles. The second kappa shape index (κ2) is 7.47. The zero-order valence-corrected chi connectivity index (χ0v) is 12.4. The Morgan fingerprint density at radius 3 is 2.90 bits per heavy atom. The monoisotopic (exact) mass is 295 g/mol. The lowest BCUT2D eigenvalue weighted by Gasteiger charge is -2.11. The van der Waals surface area contributed by atoms with Crippen molar-refractivity contribution in [3.63, 3.8) is 0 Å². The normalized spacial score (nSPS) is 10.9. The van der Waals surface area contributed by atoms with Gasteiger partial charge in [-0.15, -0.1) is 0 Å². The summed E-state index contributed by atoms with van der Waals surface area (Å²) in [6.07, 6.45) is 1.62. The number of ether oxygens (including phenoxy) is 1. The van der Waals surface area contributed by atoms with Crippen LogP contribution >= 0.6 is 11.8 Å². The largest absolute Gasteiger partial charge is 0.468 e. The Kier molecular flexibility index (Phi) is 5.64. The summed E-state index contributed by atoms with van der Waals surface area (Å²) < 4.78 is 24.3. The van der Waals surface area contributed by atoms with Crippen LogP contribution in [-0.2, 0) is 11.3 Å². The van der Waals surface area contributed by atoms with E-state index >= 15 is 0 Å². The van der Waals surface area contributed by atoms with E-state index in [0.29, 0.717) is 18.0 Å². The van der Waals surface area contributed by atoms with Crippen molar-refractivity contribution in [3.05, 3.63) is 47.7 Å². The summed E-state index contributed by atoms with van der Waals surface area (Å²) in [5.41, 5.74) is 0.937. The molecular weight excluding hydrogens is 277 g/mol. The maximum Gasteiger partial charge on any atom is 0.137 e. The first kappa shape index (κ1) is 15.1. The molecule has 0 amide bonds. The zero-order chi connectivity index (χ0) is 14.4. The molecule has 108 valence electrons. The van der Waals surface area contributed by atoms with Crippen molar-refractivity contribution in [2.24, 2.45) is 0 Å². The highest BCUT2D eigenvalue weighted by Crippen LogP contribution is 2.35. The molecule has 0 saturated carbocycles.